The lowest BCUT2D eigenvalue weighted by molar-refractivity contribution is 0.460. The molecule has 6 heteroatoms. The maximum Gasteiger partial charge on any atom is 0.208 e. The van der Waals surface area contributed by atoms with Crippen LogP contribution in [0.15, 0.2) is 16.5 Å². The molecule has 92 valence electrons. The Morgan fingerprint density at radius 1 is 1.31 bits per heavy atom. The summed E-state index contributed by atoms with van der Waals surface area (Å²) in [6.45, 7) is 3.79. The zero-order valence-corrected chi connectivity index (χ0v) is 10.4. The van der Waals surface area contributed by atoms with Gasteiger partial charge in [-0.05, 0) is 32.0 Å². The van der Waals surface area contributed by atoms with Crippen LogP contribution >= 0.6 is 0 Å². The second kappa shape index (κ2) is 6.03. The molecule has 0 aliphatic rings. The lowest BCUT2D eigenvalue weighted by Gasteiger charge is -2.03. The van der Waals surface area contributed by atoms with Crippen molar-refractivity contribution in [3.05, 3.63) is 23.7 Å². The van der Waals surface area contributed by atoms with Crippen LogP contribution in [0.1, 0.15) is 17.9 Å². The van der Waals surface area contributed by atoms with Crippen LogP contribution in [0.25, 0.3) is 0 Å². The molecule has 0 unspecified atom stereocenters. The number of hydrogen-bond donors (Lipinski definition) is 2. The van der Waals surface area contributed by atoms with Gasteiger partial charge in [0.1, 0.15) is 11.5 Å². The quantitative estimate of drug-likeness (QED) is 0.692. The Morgan fingerprint density at radius 2 is 2.06 bits per heavy atom. The third-order valence-electron chi connectivity index (χ3n) is 1.99. The zero-order chi connectivity index (χ0) is 12.0. The van der Waals surface area contributed by atoms with Gasteiger partial charge < -0.3 is 9.73 Å². The molecule has 1 heterocycles. The van der Waals surface area contributed by atoms with Crippen LogP contribution in [0, 0.1) is 6.92 Å². The molecular weight excluding hydrogens is 228 g/mol. The second-order valence-electron chi connectivity index (χ2n) is 3.71. The summed E-state index contributed by atoms with van der Waals surface area (Å²) in [6.07, 6.45) is 1.92. The predicted octanol–water partition coefficient (Wildman–Crippen LogP) is 0.617. The Kier molecular flexibility index (Phi) is 4.98. The number of aryl methyl sites for hydroxylation is 1. The minimum atomic E-state index is -3.06. The largest absolute Gasteiger partial charge is 0.465 e. The summed E-state index contributed by atoms with van der Waals surface area (Å²) in [7, 11) is -3.06. The van der Waals surface area contributed by atoms with Gasteiger partial charge in [-0.3, -0.25) is 0 Å². The van der Waals surface area contributed by atoms with E-state index in [2.05, 4.69) is 10.0 Å². The molecule has 0 fully saturated rings. The van der Waals surface area contributed by atoms with E-state index in [-0.39, 0.29) is 0 Å². The van der Waals surface area contributed by atoms with Crippen LogP contribution in [0.3, 0.4) is 0 Å². The average molecular weight is 246 g/mol. The van der Waals surface area contributed by atoms with Gasteiger partial charge in [0.15, 0.2) is 0 Å². The predicted molar refractivity (Wildman–Crippen MR) is 62.6 cm³/mol. The van der Waals surface area contributed by atoms with Gasteiger partial charge >= 0.3 is 0 Å². The Labute approximate surface area is 96.3 Å². The van der Waals surface area contributed by atoms with E-state index in [0.29, 0.717) is 13.1 Å². The van der Waals surface area contributed by atoms with E-state index >= 15 is 0 Å². The van der Waals surface area contributed by atoms with Crippen molar-refractivity contribution in [2.24, 2.45) is 0 Å². The fourth-order valence-electron chi connectivity index (χ4n) is 1.26. The molecule has 0 aromatic carbocycles. The van der Waals surface area contributed by atoms with Crippen molar-refractivity contribution in [2.75, 3.05) is 19.3 Å². The zero-order valence-electron chi connectivity index (χ0n) is 9.62. The first-order valence-electron chi connectivity index (χ1n) is 5.18. The standard InChI is InChI=1S/C10H18N2O3S/c1-9-4-5-10(15-9)8-11-6-3-7-12-16(2,13)14/h4-5,11-12H,3,6-8H2,1-2H3. The summed E-state index contributed by atoms with van der Waals surface area (Å²) < 4.78 is 29.3. The first-order chi connectivity index (χ1) is 7.47. The van der Waals surface area contributed by atoms with E-state index in [1.54, 1.807) is 0 Å². The maximum absolute atomic E-state index is 10.7. The molecule has 0 saturated carbocycles. The molecule has 16 heavy (non-hydrogen) atoms. The number of hydrogen-bond acceptors (Lipinski definition) is 4. The van der Waals surface area contributed by atoms with Crippen molar-refractivity contribution in [1.29, 1.82) is 0 Å². The van der Waals surface area contributed by atoms with Gasteiger partial charge in [-0.2, -0.15) is 0 Å². The van der Waals surface area contributed by atoms with Crippen molar-refractivity contribution in [3.8, 4) is 0 Å². The topological polar surface area (TPSA) is 71.3 Å². The Bertz CT molecular complexity index is 411. The van der Waals surface area contributed by atoms with Gasteiger partial charge in [-0.1, -0.05) is 0 Å². The number of rotatable bonds is 7. The van der Waals surface area contributed by atoms with Crippen LogP contribution in [0.4, 0.5) is 0 Å². The molecule has 0 amide bonds. The summed E-state index contributed by atoms with van der Waals surface area (Å²) in [5, 5.41) is 3.17. The normalized spacial score (nSPS) is 11.9. The van der Waals surface area contributed by atoms with Gasteiger partial charge in [0.05, 0.1) is 12.8 Å². The van der Waals surface area contributed by atoms with Crippen LogP contribution < -0.4 is 10.0 Å². The maximum atomic E-state index is 10.7. The van der Waals surface area contributed by atoms with Crippen LogP contribution in [0.2, 0.25) is 0 Å². The van der Waals surface area contributed by atoms with E-state index in [1.165, 1.54) is 0 Å². The monoisotopic (exact) mass is 246 g/mol. The fraction of sp³-hybridized carbons (Fsp3) is 0.600. The molecule has 0 atom stereocenters. The van der Waals surface area contributed by atoms with Gasteiger partial charge in [0, 0.05) is 6.54 Å². The summed E-state index contributed by atoms with van der Waals surface area (Å²) in [4.78, 5) is 0. The van der Waals surface area contributed by atoms with Crippen LogP contribution in [0.5, 0.6) is 0 Å². The third-order valence-corrected chi connectivity index (χ3v) is 2.72. The minimum absolute atomic E-state index is 0.461. The number of nitrogens with one attached hydrogen (secondary N) is 2. The fourth-order valence-corrected chi connectivity index (χ4v) is 1.78. The lowest BCUT2D eigenvalue weighted by atomic mass is 10.4. The smallest absolute Gasteiger partial charge is 0.208 e. The van der Waals surface area contributed by atoms with E-state index in [4.69, 9.17) is 4.42 Å². The van der Waals surface area contributed by atoms with Crippen LogP contribution in [-0.2, 0) is 16.6 Å². The lowest BCUT2D eigenvalue weighted by Crippen LogP contribution is -2.26. The molecule has 5 nitrogen and oxygen atoms in total. The highest BCUT2D eigenvalue weighted by Crippen LogP contribution is 2.04. The van der Waals surface area contributed by atoms with Crippen molar-refractivity contribution in [1.82, 2.24) is 10.0 Å². The molecule has 0 saturated heterocycles. The minimum Gasteiger partial charge on any atom is -0.465 e. The Hall–Kier alpha value is -0.850. The Morgan fingerprint density at radius 3 is 2.62 bits per heavy atom. The van der Waals surface area contributed by atoms with Gasteiger partial charge in [0.25, 0.3) is 0 Å². The Balaban J connectivity index is 2.04. The molecule has 0 radical (unpaired) electrons. The van der Waals surface area contributed by atoms with Crippen molar-refractivity contribution < 1.29 is 12.8 Å². The SMILES string of the molecule is Cc1ccc(CNCCCNS(C)(=O)=O)o1. The number of sulfonamides is 1. The summed E-state index contributed by atoms with van der Waals surface area (Å²) in [5.74, 6) is 1.80. The van der Waals surface area contributed by atoms with Crippen molar-refractivity contribution in [3.63, 3.8) is 0 Å². The second-order valence-corrected chi connectivity index (χ2v) is 5.54. The highest BCUT2D eigenvalue weighted by Gasteiger charge is 1.99. The molecule has 0 aliphatic heterocycles. The first-order valence-corrected chi connectivity index (χ1v) is 7.07. The third kappa shape index (κ3) is 5.89. The van der Waals surface area contributed by atoms with Gasteiger partial charge in [-0.15, -0.1) is 0 Å². The highest BCUT2D eigenvalue weighted by molar-refractivity contribution is 7.88. The molecule has 1 aromatic rings. The van der Waals surface area contributed by atoms with Gasteiger partial charge in [-0.25, -0.2) is 13.1 Å². The number of furan rings is 1. The molecular formula is C10H18N2O3S. The molecule has 0 spiro atoms. The molecule has 1 aromatic heterocycles. The molecule has 1 rings (SSSR count). The summed E-state index contributed by atoms with van der Waals surface area (Å²) >= 11 is 0. The van der Waals surface area contributed by atoms with E-state index in [1.807, 2.05) is 19.1 Å². The molecule has 0 bridgehead atoms. The van der Waals surface area contributed by atoms with Gasteiger partial charge in [0.2, 0.25) is 10.0 Å². The van der Waals surface area contributed by atoms with E-state index in [9.17, 15) is 8.42 Å². The first kappa shape index (κ1) is 13.2. The molecule has 2 N–H and O–H groups in total. The summed E-state index contributed by atoms with van der Waals surface area (Å²) in [6, 6.07) is 3.85. The van der Waals surface area contributed by atoms with E-state index in [0.717, 1.165) is 30.7 Å². The average Bonchev–Trinajstić information content (AvgIpc) is 2.56. The molecule has 0 aliphatic carbocycles. The summed E-state index contributed by atoms with van der Waals surface area (Å²) in [5.41, 5.74) is 0. The van der Waals surface area contributed by atoms with Crippen molar-refractivity contribution in [2.45, 2.75) is 19.9 Å². The van der Waals surface area contributed by atoms with E-state index < -0.39 is 10.0 Å². The highest BCUT2D eigenvalue weighted by atomic mass is 32.2. The van der Waals surface area contributed by atoms with Crippen LogP contribution in [-0.4, -0.2) is 27.8 Å². The van der Waals surface area contributed by atoms with Crippen molar-refractivity contribution >= 4 is 10.0 Å².